The third kappa shape index (κ3) is 3.01. The zero-order chi connectivity index (χ0) is 12.1. The molecule has 16 heavy (non-hydrogen) atoms. The molecule has 0 aliphatic rings. The molecule has 0 aliphatic carbocycles. The molecule has 1 aromatic carbocycles. The predicted molar refractivity (Wildman–Crippen MR) is 53.1 cm³/mol. The molecule has 1 atom stereocenters. The van der Waals surface area contributed by atoms with Crippen molar-refractivity contribution >= 4 is 11.7 Å². The van der Waals surface area contributed by atoms with Gasteiger partial charge in [-0.3, -0.25) is 14.9 Å². The lowest BCUT2D eigenvalue weighted by atomic mass is 10.1. The van der Waals surface area contributed by atoms with Crippen molar-refractivity contribution in [3.8, 4) is 0 Å². The molecule has 7 nitrogen and oxygen atoms in total. The zero-order valence-corrected chi connectivity index (χ0v) is 8.16. The lowest BCUT2D eigenvalue weighted by Gasteiger charge is -2.09. The lowest BCUT2D eigenvalue weighted by molar-refractivity contribution is -0.384. The van der Waals surface area contributed by atoms with Crippen molar-refractivity contribution in [2.45, 2.75) is 12.5 Å². The van der Waals surface area contributed by atoms with Crippen LogP contribution in [0.15, 0.2) is 24.3 Å². The molecule has 0 fully saturated rings. The SMILES string of the molecule is O=C(O)[C@H](Cc1ccc([N+](=O)[O-])cc1)NO. The molecule has 1 aromatic rings. The van der Waals surface area contributed by atoms with Crippen LogP contribution in [0.4, 0.5) is 5.69 Å². The zero-order valence-electron chi connectivity index (χ0n) is 8.16. The van der Waals surface area contributed by atoms with Crippen LogP contribution < -0.4 is 5.48 Å². The number of nitrogens with zero attached hydrogens (tertiary/aromatic N) is 1. The molecule has 0 aliphatic heterocycles. The predicted octanol–water partition coefficient (Wildman–Crippen LogP) is 0.569. The minimum atomic E-state index is -1.19. The van der Waals surface area contributed by atoms with E-state index in [-0.39, 0.29) is 12.1 Å². The number of rotatable bonds is 5. The number of aliphatic carboxylic acids is 1. The van der Waals surface area contributed by atoms with E-state index < -0.39 is 16.9 Å². The molecule has 0 amide bonds. The van der Waals surface area contributed by atoms with E-state index in [4.69, 9.17) is 10.3 Å². The molecule has 7 heteroatoms. The van der Waals surface area contributed by atoms with Crippen molar-refractivity contribution in [1.29, 1.82) is 0 Å². The fourth-order valence-electron chi connectivity index (χ4n) is 1.18. The first-order chi connectivity index (χ1) is 7.54. The summed E-state index contributed by atoms with van der Waals surface area (Å²) >= 11 is 0. The van der Waals surface area contributed by atoms with E-state index in [0.717, 1.165) is 0 Å². The van der Waals surface area contributed by atoms with Crippen molar-refractivity contribution in [3.05, 3.63) is 39.9 Å². The largest absolute Gasteiger partial charge is 0.480 e. The molecule has 0 radical (unpaired) electrons. The van der Waals surface area contributed by atoms with Gasteiger partial charge in [0.05, 0.1) is 4.92 Å². The highest BCUT2D eigenvalue weighted by Gasteiger charge is 2.16. The second kappa shape index (κ2) is 5.19. The van der Waals surface area contributed by atoms with Gasteiger partial charge in [0.1, 0.15) is 6.04 Å². The molecule has 0 bridgehead atoms. The molecule has 0 unspecified atom stereocenters. The Bertz CT molecular complexity index is 389. The van der Waals surface area contributed by atoms with Crippen molar-refractivity contribution in [3.63, 3.8) is 0 Å². The number of nitro benzene ring substituents is 1. The van der Waals surface area contributed by atoms with Crippen LogP contribution in [0.2, 0.25) is 0 Å². The molecular weight excluding hydrogens is 216 g/mol. The van der Waals surface area contributed by atoms with Gasteiger partial charge in [0.25, 0.3) is 5.69 Å². The smallest absolute Gasteiger partial charge is 0.323 e. The van der Waals surface area contributed by atoms with E-state index in [1.165, 1.54) is 24.3 Å². The number of hydrogen-bond acceptors (Lipinski definition) is 5. The maximum absolute atomic E-state index is 10.6. The number of carboxylic acid groups (broad SMARTS) is 1. The third-order valence-electron chi connectivity index (χ3n) is 2.04. The van der Waals surface area contributed by atoms with E-state index in [1.54, 1.807) is 5.48 Å². The summed E-state index contributed by atoms with van der Waals surface area (Å²) in [7, 11) is 0. The Hall–Kier alpha value is -1.99. The Balaban J connectivity index is 2.75. The highest BCUT2D eigenvalue weighted by atomic mass is 16.6. The van der Waals surface area contributed by atoms with Gasteiger partial charge in [-0.1, -0.05) is 12.1 Å². The van der Waals surface area contributed by atoms with Crippen molar-refractivity contribution in [2.75, 3.05) is 0 Å². The Morgan fingerprint density at radius 1 is 1.44 bits per heavy atom. The van der Waals surface area contributed by atoms with Crippen LogP contribution in [0.1, 0.15) is 5.56 Å². The molecule has 0 saturated heterocycles. The maximum atomic E-state index is 10.6. The van der Waals surface area contributed by atoms with E-state index in [9.17, 15) is 14.9 Å². The summed E-state index contributed by atoms with van der Waals surface area (Å²) in [6.45, 7) is 0. The molecule has 1 rings (SSSR count). The van der Waals surface area contributed by atoms with Gasteiger partial charge in [-0.25, -0.2) is 0 Å². The van der Waals surface area contributed by atoms with Crippen LogP contribution in [0.25, 0.3) is 0 Å². The maximum Gasteiger partial charge on any atom is 0.323 e. The molecule has 86 valence electrons. The molecule has 0 saturated carbocycles. The Morgan fingerprint density at radius 2 is 2.00 bits per heavy atom. The average Bonchev–Trinajstić information content (AvgIpc) is 2.26. The normalized spacial score (nSPS) is 12.1. The van der Waals surface area contributed by atoms with Crippen LogP contribution in [-0.2, 0) is 11.2 Å². The van der Waals surface area contributed by atoms with E-state index in [0.29, 0.717) is 5.56 Å². The summed E-state index contributed by atoms with van der Waals surface area (Å²) in [5.41, 5.74) is 2.17. The van der Waals surface area contributed by atoms with Crippen LogP contribution in [0.5, 0.6) is 0 Å². The molecule has 0 spiro atoms. The summed E-state index contributed by atoms with van der Waals surface area (Å²) in [6, 6.07) is 4.34. The quantitative estimate of drug-likeness (QED) is 0.499. The van der Waals surface area contributed by atoms with Crippen molar-refractivity contribution in [1.82, 2.24) is 5.48 Å². The highest BCUT2D eigenvalue weighted by Crippen LogP contribution is 2.13. The number of hydroxylamine groups is 1. The fraction of sp³-hybridized carbons (Fsp3) is 0.222. The average molecular weight is 226 g/mol. The first-order valence-electron chi connectivity index (χ1n) is 4.40. The summed E-state index contributed by atoms with van der Waals surface area (Å²) in [4.78, 5) is 20.4. The monoisotopic (exact) mass is 226 g/mol. The van der Waals surface area contributed by atoms with E-state index in [1.807, 2.05) is 0 Å². The van der Waals surface area contributed by atoms with Gasteiger partial charge in [-0.15, -0.1) is 0 Å². The number of non-ortho nitro benzene ring substituents is 1. The molecule has 0 aromatic heterocycles. The van der Waals surface area contributed by atoms with Crippen LogP contribution in [0.3, 0.4) is 0 Å². The molecule has 3 N–H and O–H groups in total. The highest BCUT2D eigenvalue weighted by molar-refractivity contribution is 5.73. The van der Waals surface area contributed by atoms with E-state index >= 15 is 0 Å². The Labute approximate surface area is 90.4 Å². The van der Waals surface area contributed by atoms with Crippen LogP contribution in [-0.4, -0.2) is 27.2 Å². The van der Waals surface area contributed by atoms with Gasteiger partial charge in [0, 0.05) is 18.6 Å². The second-order valence-electron chi connectivity index (χ2n) is 3.15. The Kier molecular flexibility index (Phi) is 3.92. The van der Waals surface area contributed by atoms with Gasteiger partial charge >= 0.3 is 5.97 Å². The van der Waals surface area contributed by atoms with Gasteiger partial charge in [0.15, 0.2) is 0 Å². The standard InChI is InChI=1S/C9H10N2O5/c12-9(13)8(10-14)5-6-1-3-7(4-2-6)11(15)16/h1-4,8,10,14H,5H2,(H,12,13)/t8-/m0/s1. The van der Waals surface area contributed by atoms with Gasteiger partial charge in [-0.05, 0) is 5.56 Å². The lowest BCUT2D eigenvalue weighted by Crippen LogP contribution is -2.36. The van der Waals surface area contributed by atoms with Crippen LogP contribution in [0, 0.1) is 10.1 Å². The summed E-state index contributed by atoms with van der Waals surface area (Å²) < 4.78 is 0. The molecular formula is C9H10N2O5. The number of nitro groups is 1. The topological polar surface area (TPSA) is 113 Å². The first-order valence-corrected chi connectivity index (χ1v) is 4.40. The second-order valence-corrected chi connectivity index (χ2v) is 3.15. The Morgan fingerprint density at radius 3 is 2.38 bits per heavy atom. The van der Waals surface area contributed by atoms with Crippen molar-refractivity contribution < 1.29 is 20.0 Å². The fourth-order valence-corrected chi connectivity index (χ4v) is 1.18. The third-order valence-corrected chi connectivity index (χ3v) is 2.04. The van der Waals surface area contributed by atoms with Gasteiger partial charge in [0.2, 0.25) is 0 Å². The van der Waals surface area contributed by atoms with Crippen molar-refractivity contribution in [2.24, 2.45) is 0 Å². The number of carboxylic acids is 1. The van der Waals surface area contributed by atoms with Crippen LogP contribution >= 0.6 is 0 Å². The minimum absolute atomic E-state index is 0.0455. The molecule has 0 heterocycles. The summed E-state index contributed by atoms with van der Waals surface area (Å²) in [5, 5.41) is 27.6. The summed E-state index contributed by atoms with van der Waals surface area (Å²) in [5.74, 6) is -1.19. The van der Waals surface area contributed by atoms with E-state index in [2.05, 4.69) is 0 Å². The number of carbonyl (C=O) groups is 1. The summed E-state index contributed by atoms with van der Waals surface area (Å²) in [6.07, 6.45) is 0.0455. The van der Waals surface area contributed by atoms with Gasteiger partial charge < -0.3 is 10.3 Å². The van der Waals surface area contributed by atoms with Gasteiger partial charge in [-0.2, -0.15) is 5.48 Å². The first kappa shape index (κ1) is 12.1. The number of benzene rings is 1. The minimum Gasteiger partial charge on any atom is -0.480 e. The number of nitrogens with one attached hydrogen (secondary N) is 1. The number of hydrogen-bond donors (Lipinski definition) is 3.